The highest BCUT2D eigenvalue weighted by molar-refractivity contribution is 7.90. The number of hydrogen-bond donors (Lipinski definition) is 2. The van der Waals surface area contributed by atoms with Gasteiger partial charge in [-0.15, -0.1) is 12.4 Å². The lowest BCUT2D eigenvalue weighted by molar-refractivity contribution is -0.133. The molecular formula is C27H35ClN4O6S. The number of likely N-dealkylation sites (tertiary alicyclic amines) is 1. The first-order valence-electron chi connectivity index (χ1n) is 12.7. The van der Waals surface area contributed by atoms with Crippen LogP contribution in [0.15, 0.2) is 59.5 Å². The van der Waals surface area contributed by atoms with E-state index in [4.69, 9.17) is 4.74 Å². The number of imide groups is 1. The van der Waals surface area contributed by atoms with E-state index in [1.54, 1.807) is 19.1 Å². The summed E-state index contributed by atoms with van der Waals surface area (Å²) >= 11 is 0. The van der Waals surface area contributed by atoms with E-state index < -0.39 is 27.5 Å². The molecule has 2 aliphatic heterocycles. The van der Waals surface area contributed by atoms with Crippen molar-refractivity contribution < 1.29 is 27.5 Å². The van der Waals surface area contributed by atoms with Crippen LogP contribution in [0.1, 0.15) is 43.4 Å². The molecule has 2 N–H and O–H groups in total. The lowest BCUT2D eigenvalue weighted by atomic mass is 9.87. The Morgan fingerprint density at radius 3 is 2.31 bits per heavy atom. The number of benzene rings is 2. The van der Waals surface area contributed by atoms with Gasteiger partial charge in [-0.05, 0) is 49.4 Å². The molecule has 0 aromatic heterocycles. The molecule has 39 heavy (non-hydrogen) atoms. The molecule has 10 nitrogen and oxygen atoms in total. The SMILES string of the molecule is CCOC(=O)N[C@@H](CCN1CCC2(CC1)NC(=O)N(Cc1ccc(S(C)(=O)=O)cc1)C2=O)c1ccccc1.Cl. The Bertz CT molecular complexity index is 1260. The molecule has 2 saturated heterocycles. The number of amides is 4. The zero-order valence-corrected chi connectivity index (χ0v) is 23.7. The Balaban J connectivity index is 0.00000420. The van der Waals surface area contributed by atoms with Crippen LogP contribution in [-0.2, 0) is 25.9 Å². The van der Waals surface area contributed by atoms with E-state index in [0.717, 1.165) is 11.8 Å². The van der Waals surface area contributed by atoms with Crippen molar-refractivity contribution in [1.82, 2.24) is 20.4 Å². The summed E-state index contributed by atoms with van der Waals surface area (Å²) in [6.07, 6.45) is 2.33. The van der Waals surface area contributed by atoms with Gasteiger partial charge in [-0.2, -0.15) is 0 Å². The van der Waals surface area contributed by atoms with Gasteiger partial charge >= 0.3 is 12.1 Å². The number of nitrogens with zero attached hydrogens (tertiary/aromatic N) is 2. The lowest BCUT2D eigenvalue weighted by Crippen LogP contribution is -2.55. The topological polar surface area (TPSA) is 125 Å². The third-order valence-electron chi connectivity index (χ3n) is 7.15. The number of urea groups is 1. The molecule has 2 aliphatic rings. The van der Waals surface area contributed by atoms with Crippen LogP contribution < -0.4 is 10.6 Å². The molecule has 4 amide bonds. The van der Waals surface area contributed by atoms with Gasteiger partial charge in [-0.25, -0.2) is 18.0 Å². The number of sulfone groups is 1. The van der Waals surface area contributed by atoms with Crippen molar-refractivity contribution in [1.29, 1.82) is 0 Å². The summed E-state index contributed by atoms with van der Waals surface area (Å²) in [6, 6.07) is 15.3. The average Bonchev–Trinajstić information content (AvgIpc) is 3.12. The third-order valence-corrected chi connectivity index (χ3v) is 8.28. The highest BCUT2D eigenvalue weighted by atomic mass is 35.5. The Morgan fingerprint density at radius 1 is 1.08 bits per heavy atom. The number of alkyl carbamates (subject to hydrolysis) is 1. The van der Waals surface area contributed by atoms with Crippen LogP contribution in [0.3, 0.4) is 0 Å². The number of rotatable bonds is 9. The Morgan fingerprint density at radius 2 is 1.72 bits per heavy atom. The van der Waals surface area contributed by atoms with Crippen LogP contribution in [0.5, 0.6) is 0 Å². The standard InChI is InChI=1S/C27H34N4O6S.ClH/c1-3-37-26(34)28-23(21-7-5-4-6-8-21)13-16-30-17-14-27(15-18-30)24(32)31(25(33)29-27)19-20-9-11-22(12-10-20)38(2,35)36;/h4-12,23H,3,13-19H2,1-2H3,(H,28,34)(H,29,33);1H/t23-;/m0./s1. The van der Waals surface area contributed by atoms with Crippen LogP contribution in [0.2, 0.25) is 0 Å². The molecule has 0 saturated carbocycles. The van der Waals surface area contributed by atoms with Gasteiger partial charge in [-0.1, -0.05) is 42.5 Å². The fourth-order valence-electron chi connectivity index (χ4n) is 4.98. The maximum absolute atomic E-state index is 13.3. The normalized spacial score (nSPS) is 17.8. The minimum absolute atomic E-state index is 0. The van der Waals surface area contributed by atoms with Crippen LogP contribution in [0.4, 0.5) is 9.59 Å². The summed E-state index contributed by atoms with van der Waals surface area (Å²) < 4.78 is 28.5. The van der Waals surface area contributed by atoms with Crippen LogP contribution in [0.25, 0.3) is 0 Å². The van der Waals surface area contributed by atoms with Gasteiger partial charge in [0.15, 0.2) is 9.84 Å². The van der Waals surface area contributed by atoms with Gasteiger partial charge in [0.2, 0.25) is 0 Å². The van der Waals surface area contributed by atoms with E-state index in [0.29, 0.717) is 51.1 Å². The zero-order chi connectivity index (χ0) is 27.3. The van der Waals surface area contributed by atoms with Gasteiger partial charge in [0.1, 0.15) is 5.54 Å². The molecule has 2 aromatic rings. The molecule has 1 spiro atoms. The number of ether oxygens (including phenoxy) is 1. The number of hydrogen-bond acceptors (Lipinski definition) is 7. The Labute approximate surface area is 235 Å². The number of carbonyl (C=O) groups is 3. The summed E-state index contributed by atoms with van der Waals surface area (Å²) in [7, 11) is -3.32. The minimum atomic E-state index is -3.32. The molecule has 2 heterocycles. The van der Waals surface area contributed by atoms with E-state index >= 15 is 0 Å². The van der Waals surface area contributed by atoms with Crippen molar-refractivity contribution in [2.75, 3.05) is 32.5 Å². The van der Waals surface area contributed by atoms with E-state index in [1.165, 1.54) is 17.0 Å². The molecule has 0 aliphatic carbocycles. The monoisotopic (exact) mass is 578 g/mol. The van der Waals surface area contributed by atoms with Gasteiger partial charge in [0.05, 0.1) is 24.1 Å². The molecule has 0 unspecified atom stereocenters. The second kappa shape index (κ2) is 12.8. The van der Waals surface area contributed by atoms with Crippen LogP contribution in [0, 0.1) is 0 Å². The van der Waals surface area contributed by atoms with Crippen molar-refractivity contribution in [3.63, 3.8) is 0 Å². The molecule has 0 radical (unpaired) electrons. The quantitative estimate of drug-likeness (QED) is 0.437. The molecule has 212 valence electrons. The molecule has 4 rings (SSSR count). The van der Waals surface area contributed by atoms with Crippen molar-refractivity contribution >= 4 is 40.3 Å². The lowest BCUT2D eigenvalue weighted by Gasteiger charge is -2.37. The maximum Gasteiger partial charge on any atom is 0.407 e. The average molecular weight is 579 g/mol. The maximum atomic E-state index is 13.3. The van der Waals surface area contributed by atoms with E-state index in [2.05, 4.69) is 15.5 Å². The predicted octanol–water partition coefficient (Wildman–Crippen LogP) is 3.28. The summed E-state index contributed by atoms with van der Waals surface area (Å²) in [5, 5.41) is 5.85. The Hall–Kier alpha value is -3.15. The number of halogens is 1. The molecule has 12 heteroatoms. The number of carbonyl (C=O) groups excluding carboxylic acids is 3. The highest BCUT2D eigenvalue weighted by Crippen LogP contribution is 2.31. The first-order chi connectivity index (χ1) is 18.1. The molecule has 2 aromatic carbocycles. The van der Waals surface area contributed by atoms with Crippen molar-refractivity contribution in [2.45, 2.75) is 49.2 Å². The zero-order valence-electron chi connectivity index (χ0n) is 22.1. The summed E-state index contributed by atoms with van der Waals surface area (Å²) in [6.45, 7) is 4.11. The Kier molecular flexibility index (Phi) is 9.98. The van der Waals surface area contributed by atoms with Crippen molar-refractivity contribution in [2.24, 2.45) is 0 Å². The van der Waals surface area contributed by atoms with Crippen LogP contribution >= 0.6 is 12.4 Å². The largest absolute Gasteiger partial charge is 0.450 e. The molecule has 1 atom stereocenters. The fourth-order valence-corrected chi connectivity index (χ4v) is 5.61. The predicted molar refractivity (Wildman–Crippen MR) is 148 cm³/mol. The summed E-state index contributed by atoms with van der Waals surface area (Å²) in [5.74, 6) is -0.250. The second-order valence-corrected chi connectivity index (χ2v) is 11.8. The van der Waals surface area contributed by atoms with E-state index in [1.807, 2.05) is 30.3 Å². The molecule has 2 fully saturated rings. The van der Waals surface area contributed by atoms with Gasteiger partial charge in [-0.3, -0.25) is 9.69 Å². The summed E-state index contributed by atoms with van der Waals surface area (Å²) in [4.78, 5) is 41.8. The number of piperidine rings is 1. The first-order valence-corrected chi connectivity index (χ1v) is 14.6. The minimum Gasteiger partial charge on any atom is -0.450 e. The van der Waals surface area contributed by atoms with Gasteiger partial charge in [0, 0.05) is 25.9 Å². The van der Waals surface area contributed by atoms with Crippen molar-refractivity contribution in [3.05, 3.63) is 65.7 Å². The second-order valence-electron chi connectivity index (χ2n) is 9.78. The highest BCUT2D eigenvalue weighted by Gasteiger charge is 2.52. The third kappa shape index (κ3) is 7.28. The van der Waals surface area contributed by atoms with E-state index in [9.17, 15) is 22.8 Å². The summed E-state index contributed by atoms with van der Waals surface area (Å²) in [5.41, 5.74) is 0.742. The molecule has 0 bridgehead atoms. The van der Waals surface area contributed by atoms with Gasteiger partial charge in [0.25, 0.3) is 5.91 Å². The number of nitrogens with one attached hydrogen (secondary N) is 2. The van der Waals surface area contributed by atoms with Crippen LogP contribution in [-0.4, -0.2) is 74.3 Å². The van der Waals surface area contributed by atoms with E-state index in [-0.39, 0.29) is 35.8 Å². The van der Waals surface area contributed by atoms with Crippen molar-refractivity contribution in [3.8, 4) is 0 Å². The molecular weight excluding hydrogens is 544 g/mol. The van der Waals surface area contributed by atoms with Gasteiger partial charge < -0.3 is 20.3 Å². The smallest absolute Gasteiger partial charge is 0.407 e. The first kappa shape index (κ1) is 30.4. The fraction of sp³-hybridized carbons (Fsp3) is 0.444.